The number of carbonyl (C=O) groups excluding carboxylic acids is 3. The first-order valence-corrected chi connectivity index (χ1v) is 31.3. The fraction of sp³-hybridized carbons (Fsp3) is 0.803. The van der Waals surface area contributed by atoms with Gasteiger partial charge in [-0.1, -0.05) is 300 Å². The summed E-state index contributed by atoms with van der Waals surface area (Å²) in [7, 11) is 0. The van der Waals surface area contributed by atoms with Crippen molar-refractivity contribution in [2.45, 2.75) is 329 Å². The number of carbonyl (C=O) groups is 3. The van der Waals surface area contributed by atoms with Crippen molar-refractivity contribution in [1.29, 1.82) is 0 Å². The molecule has 0 rings (SSSR count). The summed E-state index contributed by atoms with van der Waals surface area (Å²) < 4.78 is 16.8. The van der Waals surface area contributed by atoms with E-state index < -0.39 is 6.10 Å². The molecule has 0 heterocycles. The summed E-state index contributed by atoms with van der Waals surface area (Å²) in [5.74, 6) is -0.861. The number of hydrogen-bond acceptors (Lipinski definition) is 6. The quantitative estimate of drug-likeness (QED) is 0.0261. The molecule has 0 aromatic carbocycles. The minimum atomic E-state index is -0.766. The molecule has 0 fully saturated rings. The number of allylic oxidation sites excluding steroid dienone is 10. The normalized spacial score (nSPS) is 12.4. The van der Waals surface area contributed by atoms with Crippen molar-refractivity contribution in [2.24, 2.45) is 0 Å². The van der Waals surface area contributed by atoms with E-state index in [-0.39, 0.29) is 31.1 Å². The summed E-state index contributed by atoms with van der Waals surface area (Å²) in [4.78, 5) is 37.9. The van der Waals surface area contributed by atoms with Gasteiger partial charge in [0.25, 0.3) is 0 Å². The monoisotopic (exact) mass is 1010 g/mol. The average molecular weight is 1010 g/mol. The largest absolute Gasteiger partial charge is 0.462 e. The Bertz CT molecular complexity index is 1290. The van der Waals surface area contributed by atoms with Gasteiger partial charge in [-0.05, 0) is 64.2 Å². The van der Waals surface area contributed by atoms with Crippen molar-refractivity contribution in [3.05, 3.63) is 60.8 Å². The predicted molar refractivity (Wildman–Crippen MR) is 312 cm³/mol. The van der Waals surface area contributed by atoms with E-state index in [1.807, 2.05) is 0 Å². The van der Waals surface area contributed by atoms with Gasteiger partial charge in [-0.3, -0.25) is 14.4 Å². The second-order valence-corrected chi connectivity index (χ2v) is 21.0. The molecule has 0 aliphatic heterocycles. The first kappa shape index (κ1) is 69.1. The molecule has 0 amide bonds. The zero-order chi connectivity index (χ0) is 52.2. The summed E-state index contributed by atoms with van der Waals surface area (Å²) >= 11 is 0. The lowest BCUT2D eigenvalue weighted by Gasteiger charge is -2.18. The minimum absolute atomic E-state index is 0.0683. The van der Waals surface area contributed by atoms with Crippen LogP contribution in [0.2, 0.25) is 0 Å². The van der Waals surface area contributed by atoms with Gasteiger partial charge < -0.3 is 14.2 Å². The second kappa shape index (κ2) is 60.7. The minimum Gasteiger partial charge on any atom is -0.462 e. The molecule has 0 bridgehead atoms. The predicted octanol–water partition coefficient (Wildman–Crippen LogP) is 21.2. The molecule has 6 heteroatoms. The van der Waals surface area contributed by atoms with Crippen LogP contribution in [0.3, 0.4) is 0 Å². The maximum atomic E-state index is 12.8. The molecule has 0 radical (unpaired) electrons. The zero-order valence-corrected chi connectivity index (χ0v) is 47.9. The van der Waals surface area contributed by atoms with Crippen LogP contribution in [0.4, 0.5) is 0 Å². The smallest absolute Gasteiger partial charge is 0.306 e. The molecule has 0 N–H and O–H groups in total. The van der Waals surface area contributed by atoms with Gasteiger partial charge in [0.15, 0.2) is 6.10 Å². The molecule has 6 nitrogen and oxygen atoms in total. The van der Waals surface area contributed by atoms with E-state index in [2.05, 4.69) is 81.5 Å². The molecule has 418 valence electrons. The molecule has 1 atom stereocenters. The fourth-order valence-electron chi connectivity index (χ4n) is 9.12. The number of hydrogen-bond donors (Lipinski definition) is 0. The highest BCUT2D eigenvalue weighted by Crippen LogP contribution is 2.17. The van der Waals surface area contributed by atoms with Gasteiger partial charge in [0.2, 0.25) is 0 Å². The Hall–Kier alpha value is -2.89. The summed E-state index contributed by atoms with van der Waals surface area (Å²) in [6.45, 7) is 6.50. The lowest BCUT2D eigenvalue weighted by atomic mass is 10.0. The highest BCUT2D eigenvalue weighted by Gasteiger charge is 2.19. The van der Waals surface area contributed by atoms with Gasteiger partial charge in [-0.15, -0.1) is 0 Å². The third-order valence-corrected chi connectivity index (χ3v) is 13.8. The van der Waals surface area contributed by atoms with Crippen molar-refractivity contribution >= 4 is 17.9 Å². The first-order valence-electron chi connectivity index (χ1n) is 31.3. The van der Waals surface area contributed by atoms with E-state index in [0.29, 0.717) is 19.3 Å². The molecule has 0 saturated heterocycles. The fourth-order valence-corrected chi connectivity index (χ4v) is 9.12. The molecule has 1 unspecified atom stereocenters. The van der Waals surface area contributed by atoms with E-state index in [9.17, 15) is 14.4 Å². The van der Waals surface area contributed by atoms with E-state index in [4.69, 9.17) is 14.2 Å². The van der Waals surface area contributed by atoms with Crippen LogP contribution in [-0.2, 0) is 28.6 Å². The molecule has 0 aliphatic carbocycles. The highest BCUT2D eigenvalue weighted by atomic mass is 16.6. The van der Waals surface area contributed by atoms with Crippen LogP contribution in [0.5, 0.6) is 0 Å². The van der Waals surface area contributed by atoms with Gasteiger partial charge >= 0.3 is 17.9 Å². The van der Waals surface area contributed by atoms with Crippen molar-refractivity contribution < 1.29 is 28.6 Å². The van der Waals surface area contributed by atoms with Crippen molar-refractivity contribution in [1.82, 2.24) is 0 Å². The summed E-state index contributed by atoms with van der Waals surface area (Å²) in [5, 5.41) is 0. The Morgan fingerprint density at radius 3 is 0.847 bits per heavy atom. The van der Waals surface area contributed by atoms with Crippen LogP contribution >= 0.6 is 0 Å². The lowest BCUT2D eigenvalue weighted by molar-refractivity contribution is -0.167. The van der Waals surface area contributed by atoms with Gasteiger partial charge in [0.05, 0.1) is 0 Å². The Labute approximate surface area is 447 Å². The lowest BCUT2D eigenvalue weighted by Crippen LogP contribution is -2.30. The molecule has 0 saturated carbocycles. The molecular weight excluding hydrogens is 889 g/mol. The van der Waals surface area contributed by atoms with Crippen LogP contribution in [0.15, 0.2) is 60.8 Å². The van der Waals surface area contributed by atoms with E-state index >= 15 is 0 Å². The highest BCUT2D eigenvalue weighted by molar-refractivity contribution is 5.71. The zero-order valence-electron chi connectivity index (χ0n) is 47.9. The Balaban J connectivity index is 3.95. The van der Waals surface area contributed by atoms with Gasteiger partial charge in [0, 0.05) is 19.3 Å². The summed E-state index contributed by atoms with van der Waals surface area (Å²) in [6, 6.07) is 0. The number of ether oxygens (including phenoxy) is 3. The maximum Gasteiger partial charge on any atom is 0.306 e. The van der Waals surface area contributed by atoms with Crippen LogP contribution < -0.4 is 0 Å². The summed E-state index contributed by atoms with van der Waals surface area (Å²) in [6.07, 6.45) is 77.0. The van der Waals surface area contributed by atoms with Gasteiger partial charge in [-0.2, -0.15) is 0 Å². The third kappa shape index (κ3) is 58.0. The second-order valence-electron chi connectivity index (χ2n) is 21.0. The molecule has 72 heavy (non-hydrogen) atoms. The SMILES string of the molecule is CC/C=C\C/C=C\C/C=C\C/C=C\C/C=C\CCCCCCCCCCCCCCCCCCCC(=O)OCC(COC(=O)CCCCCCCC)OC(=O)CCCCCCCCCCCCCCCCC. The molecular formula is C66H118O6. The standard InChI is InChI=1S/C66H118O6/c1-4-7-10-13-16-18-20-22-24-25-26-27-28-29-30-31-32-33-34-35-36-37-38-39-40-41-43-44-46-48-50-53-56-59-65(68)71-62-63(61-70-64(67)58-55-52-15-12-9-6-3)72-66(69)60-57-54-51-49-47-45-42-23-21-19-17-14-11-8-5-2/h7,10,16,18,22,24,26-27,29-30,63H,4-6,8-9,11-15,17,19-21,23,25,28,31-62H2,1-3H3/b10-7-,18-16-,24-22-,27-26-,30-29-. The maximum absolute atomic E-state index is 12.8. The van der Waals surface area contributed by atoms with Crippen molar-refractivity contribution in [2.75, 3.05) is 13.2 Å². The molecule has 0 spiro atoms. The molecule has 0 aromatic rings. The van der Waals surface area contributed by atoms with Crippen molar-refractivity contribution in [3.8, 4) is 0 Å². The number of unbranched alkanes of at least 4 members (excludes halogenated alkanes) is 36. The molecule has 0 aromatic heterocycles. The van der Waals surface area contributed by atoms with E-state index in [1.165, 1.54) is 193 Å². The molecule has 0 aliphatic rings. The van der Waals surface area contributed by atoms with Crippen LogP contribution in [-0.4, -0.2) is 37.2 Å². The summed E-state index contributed by atoms with van der Waals surface area (Å²) in [5.41, 5.74) is 0. The topological polar surface area (TPSA) is 78.9 Å². The van der Waals surface area contributed by atoms with Crippen LogP contribution in [0, 0.1) is 0 Å². The Kier molecular flexibility index (Phi) is 58.2. The third-order valence-electron chi connectivity index (χ3n) is 13.8. The Morgan fingerprint density at radius 1 is 0.292 bits per heavy atom. The van der Waals surface area contributed by atoms with Crippen molar-refractivity contribution in [3.63, 3.8) is 0 Å². The average Bonchev–Trinajstić information content (AvgIpc) is 3.38. The van der Waals surface area contributed by atoms with E-state index in [0.717, 1.165) is 89.9 Å². The van der Waals surface area contributed by atoms with E-state index in [1.54, 1.807) is 0 Å². The van der Waals surface area contributed by atoms with Gasteiger partial charge in [-0.25, -0.2) is 0 Å². The first-order chi connectivity index (χ1) is 35.5. The van der Waals surface area contributed by atoms with Gasteiger partial charge in [0.1, 0.15) is 13.2 Å². The van der Waals surface area contributed by atoms with Crippen LogP contribution in [0.1, 0.15) is 323 Å². The number of esters is 3. The number of rotatable bonds is 57. The van der Waals surface area contributed by atoms with Crippen LogP contribution in [0.25, 0.3) is 0 Å². The Morgan fingerprint density at radius 2 is 0.542 bits per heavy atom.